The van der Waals surface area contributed by atoms with Crippen molar-refractivity contribution in [1.29, 1.82) is 0 Å². The van der Waals surface area contributed by atoms with Crippen LogP contribution >= 0.6 is 11.3 Å². The number of amides is 2. The van der Waals surface area contributed by atoms with E-state index < -0.39 is 6.04 Å². The molecule has 1 saturated heterocycles. The summed E-state index contributed by atoms with van der Waals surface area (Å²) in [5, 5.41) is 1.92. The first-order valence-electron chi connectivity index (χ1n) is 7.34. The number of nitrogens with zero attached hydrogens (tertiary/aromatic N) is 2. The summed E-state index contributed by atoms with van der Waals surface area (Å²) in [6.45, 7) is 6.43. The summed E-state index contributed by atoms with van der Waals surface area (Å²) in [7, 11) is 0. The smallest absolute Gasteiger partial charge is 0.245 e. The van der Waals surface area contributed by atoms with Crippen LogP contribution in [0.3, 0.4) is 0 Å². The molecule has 0 aliphatic carbocycles. The first-order chi connectivity index (χ1) is 9.99. The molecule has 1 atom stereocenters. The van der Waals surface area contributed by atoms with Crippen molar-refractivity contribution < 1.29 is 9.59 Å². The van der Waals surface area contributed by atoms with Crippen LogP contribution in [-0.2, 0) is 9.59 Å². The Morgan fingerprint density at radius 3 is 2.38 bits per heavy atom. The molecule has 6 heteroatoms. The molecule has 5 nitrogen and oxygen atoms in total. The summed E-state index contributed by atoms with van der Waals surface area (Å²) >= 11 is 1.50. The summed E-state index contributed by atoms with van der Waals surface area (Å²) in [5.41, 5.74) is 6.01. The second-order valence-electron chi connectivity index (χ2n) is 5.80. The van der Waals surface area contributed by atoms with E-state index in [1.54, 1.807) is 4.90 Å². The first-order valence-corrected chi connectivity index (χ1v) is 8.22. The maximum absolute atomic E-state index is 12.4. The molecule has 2 heterocycles. The minimum atomic E-state index is -0.581. The Labute approximate surface area is 129 Å². The van der Waals surface area contributed by atoms with Gasteiger partial charge in [0.05, 0.1) is 0 Å². The number of nitrogens with two attached hydrogens (primary N) is 1. The Bertz CT molecular complexity index is 479. The molecular formula is C15H23N3O2S. The summed E-state index contributed by atoms with van der Waals surface area (Å²) in [6, 6.07) is 3.20. The van der Waals surface area contributed by atoms with Crippen LogP contribution in [0.2, 0.25) is 0 Å². The van der Waals surface area contributed by atoms with Gasteiger partial charge < -0.3 is 15.5 Å². The van der Waals surface area contributed by atoms with Gasteiger partial charge >= 0.3 is 0 Å². The molecular weight excluding hydrogens is 286 g/mol. The highest BCUT2D eigenvalue weighted by atomic mass is 32.1. The standard InChI is InChI=1S/C15H23N3O2S/c1-11(2)10-13(19)17-5-7-18(8-6-17)15(20)14(16)12-4-3-9-21-12/h3-4,9,11,14H,5-8,10,16H2,1-2H3. The third-order valence-electron chi connectivity index (χ3n) is 3.64. The molecule has 2 N–H and O–H groups in total. The Kier molecular flexibility index (Phi) is 5.36. The van der Waals surface area contributed by atoms with E-state index in [0.717, 1.165) is 4.88 Å². The lowest BCUT2D eigenvalue weighted by Gasteiger charge is -2.36. The van der Waals surface area contributed by atoms with Gasteiger partial charge in [-0.25, -0.2) is 0 Å². The second-order valence-corrected chi connectivity index (χ2v) is 6.78. The lowest BCUT2D eigenvalue weighted by molar-refractivity contribution is -0.140. The SMILES string of the molecule is CC(C)CC(=O)N1CCN(C(=O)C(N)c2cccs2)CC1. The molecule has 1 aliphatic rings. The zero-order valence-electron chi connectivity index (χ0n) is 12.6. The summed E-state index contributed by atoms with van der Waals surface area (Å²) in [6.07, 6.45) is 0.572. The monoisotopic (exact) mass is 309 g/mol. The van der Waals surface area contributed by atoms with Crippen LogP contribution in [0.4, 0.5) is 0 Å². The molecule has 1 aliphatic heterocycles. The molecule has 2 rings (SSSR count). The molecule has 0 aromatic carbocycles. The van der Waals surface area contributed by atoms with Gasteiger partial charge in [0.1, 0.15) is 6.04 Å². The van der Waals surface area contributed by atoms with Gasteiger partial charge in [0.25, 0.3) is 0 Å². The van der Waals surface area contributed by atoms with Gasteiger partial charge in [0, 0.05) is 37.5 Å². The molecule has 1 fully saturated rings. The van der Waals surface area contributed by atoms with Crippen LogP contribution in [0.1, 0.15) is 31.2 Å². The number of rotatable bonds is 4. The highest BCUT2D eigenvalue weighted by molar-refractivity contribution is 7.10. The number of carbonyl (C=O) groups is 2. The van der Waals surface area contributed by atoms with E-state index in [1.165, 1.54) is 11.3 Å². The van der Waals surface area contributed by atoms with E-state index in [9.17, 15) is 9.59 Å². The van der Waals surface area contributed by atoms with Crippen molar-refractivity contribution in [1.82, 2.24) is 9.80 Å². The van der Waals surface area contributed by atoms with Crippen molar-refractivity contribution >= 4 is 23.2 Å². The van der Waals surface area contributed by atoms with E-state index >= 15 is 0 Å². The molecule has 116 valence electrons. The Hall–Kier alpha value is -1.40. The average molecular weight is 309 g/mol. The molecule has 21 heavy (non-hydrogen) atoms. The lowest BCUT2D eigenvalue weighted by atomic mass is 10.1. The number of carbonyl (C=O) groups excluding carboxylic acids is 2. The van der Waals surface area contributed by atoms with Crippen LogP contribution in [0, 0.1) is 5.92 Å². The third kappa shape index (κ3) is 4.04. The Morgan fingerprint density at radius 2 is 1.86 bits per heavy atom. The zero-order valence-corrected chi connectivity index (χ0v) is 13.4. The van der Waals surface area contributed by atoms with Gasteiger partial charge in [0.2, 0.25) is 11.8 Å². The maximum atomic E-state index is 12.4. The molecule has 0 spiro atoms. The van der Waals surface area contributed by atoms with Gasteiger partial charge in [-0.1, -0.05) is 19.9 Å². The molecule has 2 amide bonds. The fourth-order valence-electron chi connectivity index (χ4n) is 2.44. The fourth-order valence-corrected chi connectivity index (χ4v) is 3.16. The molecule has 0 radical (unpaired) electrons. The van der Waals surface area contributed by atoms with E-state index in [2.05, 4.69) is 0 Å². The fraction of sp³-hybridized carbons (Fsp3) is 0.600. The average Bonchev–Trinajstić information content (AvgIpc) is 2.99. The van der Waals surface area contributed by atoms with Crippen molar-refractivity contribution in [2.45, 2.75) is 26.3 Å². The highest BCUT2D eigenvalue weighted by Gasteiger charge is 2.28. The number of piperazine rings is 1. The van der Waals surface area contributed by atoms with Crippen molar-refractivity contribution in [3.05, 3.63) is 22.4 Å². The first kappa shape index (κ1) is 16.0. The number of thiophene rings is 1. The van der Waals surface area contributed by atoms with Crippen LogP contribution in [0.5, 0.6) is 0 Å². The van der Waals surface area contributed by atoms with Crippen molar-refractivity contribution in [3.8, 4) is 0 Å². The molecule has 0 bridgehead atoms. The number of hydrogen-bond donors (Lipinski definition) is 1. The topological polar surface area (TPSA) is 66.6 Å². The van der Waals surface area contributed by atoms with Crippen molar-refractivity contribution in [2.75, 3.05) is 26.2 Å². The normalized spacial score (nSPS) is 17.1. The summed E-state index contributed by atoms with van der Waals surface area (Å²) < 4.78 is 0. The minimum Gasteiger partial charge on any atom is -0.339 e. The minimum absolute atomic E-state index is 0.0478. The Morgan fingerprint density at radius 1 is 1.24 bits per heavy atom. The summed E-state index contributed by atoms with van der Waals surface area (Å²) in [5.74, 6) is 0.498. The molecule has 1 unspecified atom stereocenters. The van der Waals surface area contributed by atoms with E-state index in [1.807, 2.05) is 36.3 Å². The zero-order chi connectivity index (χ0) is 15.4. The predicted molar refractivity (Wildman–Crippen MR) is 83.9 cm³/mol. The number of hydrogen-bond acceptors (Lipinski definition) is 4. The highest BCUT2D eigenvalue weighted by Crippen LogP contribution is 2.19. The van der Waals surface area contributed by atoms with Gasteiger partial charge in [-0.05, 0) is 17.4 Å². The molecule has 1 aromatic heterocycles. The molecule has 1 aromatic rings. The van der Waals surface area contributed by atoms with Gasteiger partial charge in [0.15, 0.2) is 0 Å². The van der Waals surface area contributed by atoms with E-state index in [0.29, 0.717) is 38.5 Å². The largest absolute Gasteiger partial charge is 0.339 e. The van der Waals surface area contributed by atoms with Gasteiger partial charge in [-0.15, -0.1) is 11.3 Å². The van der Waals surface area contributed by atoms with Gasteiger partial charge in [-0.2, -0.15) is 0 Å². The van der Waals surface area contributed by atoms with E-state index in [4.69, 9.17) is 5.73 Å². The lowest BCUT2D eigenvalue weighted by Crippen LogP contribution is -2.52. The second kappa shape index (κ2) is 7.04. The third-order valence-corrected chi connectivity index (χ3v) is 4.60. The van der Waals surface area contributed by atoms with Crippen molar-refractivity contribution in [3.63, 3.8) is 0 Å². The van der Waals surface area contributed by atoms with Gasteiger partial charge in [-0.3, -0.25) is 9.59 Å². The van der Waals surface area contributed by atoms with Crippen LogP contribution in [0.15, 0.2) is 17.5 Å². The Balaban J connectivity index is 1.86. The predicted octanol–water partition coefficient (Wildman–Crippen LogP) is 1.46. The van der Waals surface area contributed by atoms with E-state index in [-0.39, 0.29) is 11.8 Å². The van der Waals surface area contributed by atoms with Crippen molar-refractivity contribution in [2.24, 2.45) is 11.7 Å². The molecule has 0 saturated carbocycles. The maximum Gasteiger partial charge on any atom is 0.245 e. The van der Waals surface area contributed by atoms with Crippen LogP contribution in [0.25, 0.3) is 0 Å². The van der Waals surface area contributed by atoms with Crippen LogP contribution < -0.4 is 5.73 Å². The summed E-state index contributed by atoms with van der Waals surface area (Å²) in [4.78, 5) is 28.9. The van der Waals surface area contributed by atoms with Crippen LogP contribution in [-0.4, -0.2) is 47.8 Å². The quantitative estimate of drug-likeness (QED) is 0.916.